The molecule has 88 valence electrons. The molecule has 0 saturated heterocycles. The van der Waals surface area contributed by atoms with Gasteiger partial charge in [0.25, 0.3) is 0 Å². The molecule has 0 atom stereocenters. The van der Waals surface area contributed by atoms with E-state index in [9.17, 15) is 0 Å². The number of ether oxygens (including phenoxy) is 1. The standard InChI is InChI=1S/C15H15ClO/c1-12-5-7-13(8-6-12)14-3-2-4-15(11-14)17-10-9-16/h2-8,11H,9-10H2,1H3. The van der Waals surface area contributed by atoms with E-state index in [1.165, 1.54) is 11.1 Å². The van der Waals surface area contributed by atoms with E-state index in [2.05, 4.69) is 37.3 Å². The minimum Gasteiger partial charge on any atom is -0.492 e. The van der Waals surface area contributed by atoms with Crippen LogP contribution in [0, 0.1) is 6.92 Å². The summed E-state index contributed by atoms with van der Waals surface area (Å²) in [5.74, 6) is 1.37. The Labute approximate surface area is 107 Å². The molecule has 2 aromatic rings. The van der Waals surface area contributed by atoms with Gasteiger partial charge in [0, 0.05) is 0 Å². The molecule has 0 radical (unpaired) electrons. The lowest BCUT2D eigenvalue weighted by Crippen LogP contribution is -1.97. The first-order chi connectivity index (χ1) is 8.29. The van der Waals surface area contributed by atoms with Crippen LogP contribution in [0.15, 0.2) is 48.5 Å². The van der Waals surface area contributed by atoms with Crippen molar-refractivity contribution in [1.82, 2.24) is 0 Å². The zero-order chi connectivity index (χ0) is 12.1. The van der Waals surface area contributed by atoms with Gasteiger partial charge >= 0.3 is 0 Å². The van der Waals surface area contributed by atoms with E-state index in [4.69, 9.17) is 16.3 Å². The van der Waals surface area contributed by atoms with E-state index < -0.39 is 0 Å². The summed E-state index contributed by atoms with van der Waals surface area (Å²) in [5, 5.41) is 0. The molecule has 0 spiro atoms. The highest BCUT2D eigenvalue weighted by molar-refractivity contribution is 6.18. The quantitative estimate of drug-likeness (QED) is 0.732. The predicted octanol–water partition coefficient (Wildman–Crippen LogP) is 4.28. The number of halogens is 1. The summed E-state index contributed by atoms with van der Waals surface area (Å²) in [5.41, 5.74) is 3.63. The number of alkyl halides is 1. The minimum absolute atomic E-state index is 0.509. The third-order valence-electron chi connectivity index (χ3n) is 2.56. The summed E-state index contributed by atoms with van der Waals surface area (Å²) in [6, 6.07) is 16.5. The van der Waals surface area contributed by atoms with E-state index in [0.29, 0.717) is 12.5 Å². The van der Waals surface area contributed by atoms with Gasteiger partial charge in [-0.25, -0.2) is 0 Å². The summed E-state index contributed by atoms with van der Waals surface area (Å²) in [6.45, 7) is 2.63. The fourth-order valence-corrected chi connectivity index (χ4v) is 1.75. The van der Waals surface area contributed by atoms with E-state index >= 15 is 0 Å². The van der Waals surface area contributed by atoms with E-state index in [1.54, 1.807) is 0 Å². The number of hydrogen-bond donors (Lipinski definition) is 0. The minimum atomic E-state index is 0.509. The first-order valence-corrected chi connectivity index (χ1v) is 6.19. The normalized spacial score (nSPS) is 10.2. The third-order valence-corrected chi connectivity index (χ3v) is 2.72. The Bertz CT molecular complexity index is 477. The van der Waals surface area contributed by atoms with Crippen molar-refractivity contribution in [3.63, 3.8) is 0 Å². The van der Waals surface area contributed by atoms with E-state index in [0.717, 1.165) is 11.3 Å². The van der Waals surface area contributed by atoms with Gasteiger partial charge in [-0.3, -0.25) is 0 Å². The largest absolute Gasteiger partial charge is 0.492 e. The maximum atomic E-state index is 5.60. The number of benzene rings is 2. The second kappa shape index (κ2) is 5.74. The van der Waals surface area contributed by atoms with Crippen molar-refractivity contribution in [3.05, 3.63) is 54.1 Å². The molecular formula is C15H15ClO. The number of aryl methyl sites for hydroxylation is 1. The molecule has 0 unspecified atom stereocenters. The van der Waals surface area contributed by atoms with Gasteiger partial charge in [0.2, 0.25) is 0 Å². The second-order valence-electron chi connectivity index (χ2n) is 3.93. The summed E-state index contributed by atoms with van der Waals surface area (Å²) >= 11 is 5.60. The zero-order valence-electron chi connectivity index (χ0n) is 9.82. The molecule has 0 aliphatic rings. The van der Waals surface area contributed by atoms with Gasteiger partial charge < -0.3 is 4.74 Å². The summed E-state index contributed by atoms with van der Waals surface area (Å²) in [6.07, 6.45) is 0. The van der Waals surface area contributed by atoms with Gasteiger partial charge in [-0.05, 0) is 30.2 Å². The molecule has 0 amide bonds. The van der Waals surface area contributed by atoms with Gasteiger partial charge in [-0.2, -0.15) is 0 Å². The molecule has 1 nitrogen and oxygen atoms in total. The molecule has 0 aliphatic heterocycles. The van der Waals surface area contributed by atoms with Crippen molar-refractivity contribution in [2.24, 2.45) is 0 Å². The maximum Gasteiger partial charge on any atom is 0.119 e. The Morgan fingerprint density at radius 2 is 1.76 bits per heavy atom. The van der Waals surface area contributed by atoms with Crippen LogP contribution in [0.3, 0.4) is 0 Å². The molecular weight excluding hydrogens is 232 g/mol. The van der Waals surface area contributed by atoms with Gasteiger partial charge in [0.1, 0.15) is 12.4 Å². The van der Waals surface area contributed by atoms with Crippen LogP contribution in [0.5, 0.6) is 5.75 Å². The molecule has 2 aromatic carbocycles. The Kier molecular flexibility index (Phi) is 4.05. The highest BCUT2D eigenvalue weighted by Gasteiger charge is 1.99. The number of hydrogen-bond acceptors (Lipinski definition) is 1. The Balaban J connectivity index is 2.23. The smallest absolute Gasteiger partial charge is 0.119 e. The first-order valence-electron chi connectivity index (χ1n) is 5.65. The van der Waals surface area contributed by atoms with E-state index in [1.807, 2.05) is 18.2 Å². The monoisotopic (exact) mass is 246 g/mol. The van der Waals surface area contributed by atoms with Crippen LogP contribution in [0.4, 0.5) is 0 Å². The molecule has 0 bridgehead atoms. The molecule has 17 heavy (non-hydrogen) atoms. The predicted molar refractivity (Wildman–Crippen MR) is 72.8 cm³/mol. The summed E-state index contributed by atoms with van der Waals surface area (Å²) in [4.78, 5) is 0. The van der Waals surface area contributed by atoms with Crippen LogP contribution in [0.25, 0.3) is 11.1 Å². The number of rotatable bonds is 4. The van der Waals surface area contributed by atoms with Crippen molar-refractivity contribution in [3.8, 4) is 16.9 Å². The lowest BCUT2D eigenvalue weighted by molar-refractivity contribution is 0.343. The zero-order valence-corrected chi connectivity index (χ0v) is 10.6. The van der Waals surface area contributed by atoms with Gasteiger partial charge in [0.05, 0.1) is 5.88 Å². The van der Waals surface area contributed by atoms with E-state index in [-0.39, 0.29) is 0 Å². The van der Waals surface area contributed by atoms with Crippen LogP contribution in [-0.2, 0) is 0 Å². The Hall–Kier alpha value is -1.47. The average molecular weight is 247 g/mol. The topological polar surface area (TPSA) is 9.23 Å². The van der Waals surface area contributed by atoms with Crippen LogP contribution in [0.1, 0.15) is 5.56 Å². The Morgan fingerprint density at radius 1 is 1.00 bits per heavy atom. The van der Waals surface area contributed by atoms with Gasteiger partial charge in [-0.1, -0.05) is 42.0 Å². The summed E-state index contributed by atoms with van der Waals surface area (Å²) in [7, 11) is 0. The molecule has 0 N–H and O–H groups in total. The van der Waals surface area contributed by atoms with Gasteiger partial charge in [0.15, 0.2) is 0 Å². The fraction of sp³-hybridized carbons (Fsp3) is 0.200. The van der Waals surface area contributed by atoms with Crippen molar-refractivity contribution in [2.45, 2.75) is 6.92 Å². The Morgan fingerprint density at radius 3 is 2.47 bits per heavy atom. The molecule has 2 rings (SSSR count). The summed E-state index contributed by atoms with van der Waals surface area (Å²) < 4.78 is 5.51. The molecule has 0 aliphatic carbocycles. The fourth-order valence-electron chi connectivity index (χ4n) is 1.67. The van der Waals surface area contributed by atoms with Crippen LogP contribution >= 0.6 is 11.6 Å². The molecule has 0 heterocycles. The maximum absolute atomic E-state index is 5.60. The molecule has 0 fully saturated rings. The van der Waals surface area contributed by atoms with Crippen LogP contribution in [-0.4, -0.2) is 12.5 Å². The van der Waals surface area contributed by atoms with Crippen molar-refractivity contribution < 1.29 is 4.74 Å². The first kappa shape index (κ1) is 12.0. The molecule has 0 saturated carbocycles. The molecule has 0 aromatic heterocycles. The van der Waals surface area contributed by atoms with Gasteiger partial charge in [-0.15, -0.1) is 11.6 Å². The highest BCUT2D eigenvalue weighted by atomic mass is 35.5. The molecule has 2 heteroatoms. The van der Waals surface area contributed by atoms with Crippen molar-refractivity contribution >= 4 is 11.6 Å². The highest BCUT2D eigenvalue weighted by Crippen LogP contribution is 2.24. The van der Waals surface area contributed by atoms with Crippen molar-refractivity contribution in [1.29, 1.82) is 0 Å². The lowest BCUT2D eigenvalue weighted by atomic mass is 10.0. The van der Waals surface area contributed by atoms with Crippen LogP contribution in [0.2, 0.25) is 0 Å². The van der Waals surface area contributed by atoms with Crippen LogP contribution < -0.4 is 4.74 Å². The third kappa shape index (κ3) is 3.24. The lowest BCUT2D eigenvalue weighted by Gasteiger charge is -2.07. The average Bonchev–Trinajstić information content (AvgIpc) is 2.37. The van der Waals surface area contributed by atoms with Crippen molar-refractivity contribution in [2.75, 3.05) is 12.5 Å². The SMILES string of the molecule is Cc1ccc(-c2cccc(OCCCl)c2)cc1. The second-order valence-corrected chi connectivity index (χ2v) is 4.31.